The molecule has 0 aromatic heterocycles. The van der Waals surface area contributed by atoms with Crippen molar-refractivity contribution in [1.82, 2.24) is 5.06 Å². The molecular weight excluding hydrogens is 514 g/mol. The molecule has 0 unspecified atom stereocenters. The molecule has 0 aromatic rings. The minimum Gasteiger partial charge on any atom is -0.248 e. The van der Waals surface area contributed by atoms with Crippen molar-refractivity contribution in [2.45, 2.75) is 20.0 Å². The van der Waals surface area contributed by atoms with E-state index in [1.807, 2.05) is 0 Å². The van der Waals surface area contributed by atoms with Crippen LogP contribution in [0.5, 0.6) is 0 Å². The Morgan fingerprint density at radius 3 is 1.28 bits per heavy atom. The quantitative estimate of drug-likeness (QED) is 0.134. The van der Waals surface area contributed by atoms with Crippen LogP contribution in [0.4, 0.5) is 35.1 Å². The lowest BCUT2D eigenvalue weighted by Crippen LogP contribution is -2.62. The second-order valence-electron chi connectivity index (χ2n) is 2.53. The summed E-state index contributed by atoms with van der Waals surface area (Å²) in [6, 6.07) is -11.8. The number of halogens is 10. The fraction of sp³-hybridized carbons (Fsp3) is 1.00. The summed E-state index contributed by atoms with van der Waals surface area (Å²) in [6.07, 6.45) is 0. The molecule has 0 rings (SSSR count). The minimum absolute atomic E-state index is 0.287. The minimum atomic E-state index is -5.92. The van der Waals surface area contributed by atoms with Gasteiger partial charge in [0.25, 0.3) is 0 Å². The molecule has 0 spiro atoms. The summed E-state index contributed by atoms with van der Waals surface area (Å²) in [5.41, 5.74) is 0. The second kappa shape index (κ2) is 5.33. The van der Waals surface area contributed by atoms with Crippen molar-refractivity contribution < 1.29 is 40.1 Å². The first kappa shape index (κ1) is 18.3. The zero-order valence-corrected chi connectivity index (χ0v) is 11.8. The van der Waals surface area contributed by atoms with E-state index < -0.39 is 25.0 Å². The molecule has 0 radical (unpaired) electrons. The van der Waals surface area contributed by atoms with E-state index in [9.17, 15) is 40.0 Å². The molecule has 18 heavy (non-hydrogen) atoms. The van der Waals surface area contributed by atoms with E-state index in [1.165, 1.54) is 0 Å². The summed E-state index contributed by atoms with van der Waals surface area (Å²) in [5.74, 6) is 0. The van der Waals surface area contributed by atoms with Gasteiger partial charge in [0, 0.05) is 50.2 Å². The van der Waals surface area contributed by atoms with Gasteiger partial charge in [0.1, 0.15) is 0 Å². The monoisotopic (exact) mass is 514 g/mol. The standard InChI is InChI=1S/C4F8I2N2O2/c5-1(6,13)3(9,10)16(18-15-17)4(11,12)2(7,8)14. The maximum absolute atomic E-state index is 12.8. The molecule has 0 fully saturated rings. The van der Waals surface area contributed by atoms with Gasteiger partial charge in [-0.25, -0.2) is 4.94 Å². The molecule has 0 atom stereocenters. The van der Waals surface area contributed by atoms with Gasteiger partial charge in [-0.15, -0.1) is 4.91 Å². The van der Waals surface area contributed by atoms with Gasteiger partial charge in [0.15, 0.2) is 5.34 Å². The molecule has 14 heteroatoms. The molecule has 0 heterocycles. The first-order valence-corrected chi connectivity index (χ1v) is 5.54. The van der Waals surface area contributed by atoms with Gasteiger partial charge in [-0.2, -0.15) is 35.1 Å². The molecule has 0 saturated carbocycles. The zero-order valence-electron chi connectivity index (χ0n) is 7.49. The van der Waals surface area contributed by atoms with Crippen LogP contribution < -0.4 is 0 Å². The molecule has 0 aliphatic rings. The molecule has 4 nitrogen and oxygen atoms in total. The van der Waals surface area contributed by atoms with Crippen molar-refractivity contribution in [3.63, 3.8) is 0 Å². The van der Waals surface area contributed by atoms with Crippen molar-refractivity contribution in [2.75, 3.05) is 0 Å². The Hall–Kier alpha value is 0.260. The SMILES string of the molecule is O=NON(C(F)(F)C(F)(F)I)C(F)(F)C(F)(F)I. The second-order valence-corrected chi connectivity index (χ2v) is 5.24. The van der Waals surface area contributed by atoms with E-state index >= 15 is 0 Å². The van der Waals surface area contributed by atoms with E-state index in [2.05, 4.69) is 4.94 Å². The maximum Gasteiger partial charge on any atom is 0.414 e. The topological polar surface area (TPSA) is 41.9 Å². The molecule has 0 N–H and O–H groups in total. The van der Waals surface area contributed by atoms with Crippen LogP contribution >= 0.6 is 45.2 Å². The Labute approximate surface area is 120 Å². The Bertz CT molecular complexity index is 289. The Kier molecular flexibility index (Phi) is 5.41. The van der Waals surface area contributed by atoms with Crippen LogP contribution in [0.3, 0.4) is 0 Å². The zero-order chi connectivity index (χ0) is 15.0. The number of hydroxylamine groups is 2. The summed E-state index contributed by atoms with van der Waals surface area (Å²) in [6.45, 7) is 0. The van der Waals surface area contributed by atoms with Gasteiger partial charge in [-0.3, -0.25) is 0 Å². The first-order chi connectivity index (χ1) is 7.69. The predicted octanol–water partition coefficient (Wildman–Crippen LogP) is 4.14. The van der Waals surface area contributed by atoms with Crippen LogP contribution in [-0.4, -0.2) is 25.0 Å². The third-order valence-electron chi connectivity index (χ3n) is 1.31. The Balaban J connectivity index is 5.67. The van der Waals surface area contributed by atoms with Crippen molar-refractivity contribution >= 4 is 45.2 Å². The third-order valence-corrected chi connectivity index (χ3v) is 2.61. The molecular formula is C4F8I2N2O2. The molecule has 108 valence electrons. The summed E-state index contributed by atoms with van der Waals surface area (Å²) in [7, 11) is 0. The van der Waals surface area contributed by atoms with E-state index in [-0.39, 0.29) is 45.2 Å². The lowest BCUT2D eigenvalue weighted by molar-refractivity contribution is -0.459. The Morgan fingerprint density at radius 1 is 0.833 bits per heavy atom. The highest BCUT2D eigenvalue weighted by Gasteiger charge is 2.74. The average molecular weight is 514 g/mol. The molecule has 0 saturated heterocycles. The average Bonchev–Trinajstić information content (AvgIpc) is 2.09. The summed E-state index contributed by atoms with van der Waals surface area (Å²) in [4.78, 5) is 12.1. The molecule has 0 aliphatic heterocycles. The summed E-state index contributed by atoms with van der Waals surface area (Å²) < 4.78 is 90.4. The van der Waals surface area contributed by atoms with Gasteiger partial charge >= 0.3 is 20.0 Å². The van der Waals surface area contributed by atoms with E-state index in [0.717, 1.165) is 5.34 Å². The lowest BCUT2D eigenvalue weighted by Gasteiger charge is -2.35. The van der Waals surface area contributed by atoms with Gasteiger partial charge in [0.2, 0.25) is 0 Å². The van der Waals surface area contributed by atoms with Crippen molar-refractivity contribution in [1.29, 1.82) is 0 Å². The van der Waals surface area contributed by atoms with Gasteiger partial charge < -0.3 is 0 Å². The predicted molar refractivity (Wildman–Crippen MR) is 56.5 cm³/mol. The van der Waals surface area contributed by atoms with Crippen molar-refractivity contribution in [3.05, 3.63) is 4.91 Å². The normalized spacial score (nSPS) is 14.8. The summed E-state index contributed by atoms with van der Waals surface area (Å²) in [5, 5.41) is -1.40. The fourth-order valence-electron chi connectivity index (χ4n) is 0.543. The first-order valence-electron chi connectivity index (χ1n) is 3.38. The Morgan fingerprint density at radius 2 is 1.11 bits per heavy atom. The largest absolute Gasteiger partial charge is 0.414 e. The number of nitrogens with zero attached hydrogens (tertiary/aromatic N) is 2. The highest BCUT2D eigenvalue weighted by atomic mass is 127. The van der Waals surface area contributed by atoms with Crippen LogP contribution in [0, 0.1) is 4.91 Å². The van der Waals surface area contributed by atoms with Crippen LogP contribution in [-0.2, 0) is 4.94 Å². The van der Waals surface area contributed by atoms with E-state index in [1.54, 1.807) is 0 Å². The lowest BCUT2D eigenvalue weighted by atomic mass is 10.4. The molecule has 0 aromatic carbocycles. The highest BCUT2D eigenvalue weighted by molar-refractivity contribution is 14.1. The third kappa shape index (κ3) is 3.42. The molecule has 0 bridgehead atoms. The van der Waals surface area contributed by atoms with E-state index in [4.69, 9.17) is 0 Å². The maximum atomic E-state index is 12.8. The van der Waals surface area contributed by atoms with Crippen LogP contribution in [0.2, 0.25) is 0 Å². The van der Waals surface area contributed by atoms with Gasteiger partial charge in [0.05, 0.1) is 0 Å². The van der Waals surface area contributed by atoms with Crippen LogP contribution in [0.25, 0.3) is 0 Å². The fourth-order valence-corrected chi connectivity index (χ4v) is 0.981. The van der Waals surface area contributed by atoms with E-state index in [0.29, 0.717) is 0 Å². The molecule has 0 aliphatic carbocycles. The van der Waals surface area contributed by atoms with Gasteiger partial charge in [-0.1, -0.05) is 0 Å². The van der Waals surface area contributed by atoms with Crippen molar-refractivity contribution in [3.8, 4) is 0 Å². The molecule has 0 amide bonds. The summed E-state index contributed by atoms with van der Waals surface area (Å²) >= 11 is -0.574. The highest BCUT2D eigenvalue weighted by Crippen LogP contribution is 2.51. The smallest absolute Gasteiger partial charge is 0.248 e. The number of rotatable bonds is 6. The van der Waals surface area contributed by atoms with Crippen molar-refractivity contribution in [2.24, 2.45) is 5.34 Å². The van der Waals surface area contributed by atoms with Gasteiger partial charge in [-0.05, 0) is 0 Å². The van der Waals surface area contributed by atoms with Crippen LogP contribution in [0.1, 0.15) is 0 Å². The number of hydrogen-bond donors (Lipinski definition) is 0. The number of hydrogen-bond acceptors (Lipinski definition) is 4. The number of alkyl halides is 10. The van der Waals surface area contributed by atoms with Crippen LogP contribution in [0.15, 0.2) is 5.34 Å².